The van der Waals surface area contributed by atoms with Gasteiger partial charge in [-0.3, -0.25) is 4.90 Å². The molecule has 0 bridgehead atoms. The Morgan fingerprint density at radius 3 is 2.69 bits per heavy atom. The van der Waals surface area contributed by atoms with Crippen molar-refractivity contribution in [1.29, 1.82) is 0 Å². The Kier molecular flexibility index (Phi) is 5.76. The normalized spacial score (nSPS) is 22.3. The van der Waals surface area contributed by atoms with Crippen LogP contribution in [0.2, 0.25) is 0 Å². The molecule has 1 unspecified atom stereocenters. The lowest BCUT2D eigenvalue weighted by atomic mass is 10.3. The van der Waals surface area contributed by atoms with Crippen LogP contribution in [-0.4, -0.2) is 76.7 Å². The summed E-state index contributed by atoms with van der Waals surface area (Å²) in [5.41, 5.74) is 2.10. The SMILES string of the molecule is CCOC(=O)N1CCN(Cc2nc3ccccc3n2CC2COC(C)(C)O2)CC1. The van der Waals surface area contributed by atoms with Gasteiger partial charge in [0.25, 0.3) is 0 Å². The van der Waals surface area contributed by atoms with Gasteiger partial charge >= 0.3 is 6.09 Å². The van der Waals surface area contributed by atoms with E-state index in [9.17, 15) is 4.79 Å². The Balaban J connectivity index is 1.47. The van der Waals surface area contributed by atoms with Crippen molar-refractivity contribution < 1.29 is 19.0 Å². The van der Waals surface area contributed by atoms with Crippen LogP contribution in [0.4, 0.5) is 4.79 Å². The highest BCUT2D eigenvalue weighted by Gasteiger charge is 2.33. The van der Waals surface area contributed by atoms with Gasteiger partial charge in [-0.25, -0.2) is 9.78 Å². The quantitative estimate of drug-likeness (QED) is 0.765. The molecule has 0 N–H and O–H groups in total. The summed E-state index contributed by atoms with van der Waals surface area (Å²) in [6.45, 7) is 11.1. The summed E-state index contributed by atoms with van der Waals surface area (Å²) in [5, 5.41) is 0. The van der Waals surface area contributed by atoms with E-state index in [0.29, 0.717) is 32.8 Å². The first-order chi connectivity index (χ1) is 13.9. The fourth-order valence-electron chi connectivity index (χ4n) is 4.01. The zero-order chi connectivity index (χ0) is 20.4. The number of hydrogen-bond acceptors (Lipinski definition) is 6. The average molecular weight is 402 g/mol. The number of rotatable bonds is 5. The zero-order valence-electron chi connectivity index (χ0n) is 17.5. The van der Waals surface area contributed by atoms with E-state index in [4.69, 9.17) is 19.2 Å². The monoisotopic (exact) mass is 402 g/mol. The van der Waals surface area contributed by atoms with Crippen LogP contribution in [0.25, 0.3) is 11.0 Å². The molecule has 1 aromatic carbocycles. The molecule has 158 valence electrons. The van der Waals surface area contributed by atoms with Gasteiger partial charge < -0.3 is 23.7 Å². The predicted octanol–water partition coefficient (Wildman–Crippen LogP) is 2.46. The summed E-state index contributed by atoms with van der Waals surface area (Å²) >= 11 is 0. The Hall–Kier alpha value is -2.16. The first kappa shape index (κ1) is 20.1. The number of fused-ring (bicyclic) bond motifs is 1. The molecule has 0 spiro atoms. The third-order valence-corrected chi connectivity index (χ3v) is 5.45. The van der Waals surface area contributed by atoms with E-state index in [-0.39, 0.29) is 12.2 Å². The molecule has 1 atom stereocenters. The predicted molar refractivity (Wildman–Crippen MR) is 109 cm³/mol. The number of para-hydroxylation sites is 2. The molecule has 1 aromatic heterocycles. The van der Waals surface area contributed by atoms with Crippen molar-refractivity contribution in [2.45, 2.75) is 45.8 Å². The molecule has 3 heterocycles. The molecule has 8 heteroatoms. The number of imidazole rings is 1. The molecule has 2 saturated heterocycles. The van der Waals surface area contributed by atoms with Crippen molar-refractivity contribution in [3.63, 3.8) is 0 Å². The van der Waals surface area contributed by atoms with E-state index in [1.165, 1.54) is 0 Å². The molecular formula is C21H30N4O4. The summed E-state index contributed by atoms with van der Waals surface area (Å²) in [7, 11) is 0. The highest BCUT2D eigenvalue weighted by atomic mass is 16.7. The van der Waals surface area contributed by atoms with Crippen LogP contribution in [0.5, 0.6) is 0 Å². The van der Waals surface area contributed by atoms with Gasteiger partial charge in [-0.1, -0.05) is 12.1 Å². The second-order valence-corrected chi connectivity index (χ2v) is 8.04. The molecule has 0 aliphatic carbocycles. The summed E-state index contributed by atoms with van der Waals surface area (Å²) in [6.07, 6.45) is -0.220. The van der Waals surface area contributed by atoms with Crippen LogP contribution in [0.15, 0.2) is 24.3 Å². The summed E-state index contributed by atoms with van der Waals surface area (Å²) in [6, 6.07) is 8.20. The molecular weight excluding hydrogens is 372 g/mol. The third kappa shape index (κ3) is 4.55. The number of nitrogens with zero attached hydrogens (tertiary/aromatic N) is 4. The molecule has 1 amide bonds. The second-order valence-electron chi connectivity index (χ2n) is 8.04. The zero-order valence-corrected chi connectivity index (χ0v) is 17.5. The third-order valence-electron chi connectivity index (χ3n) is 5.45. The van der Waals surface area contributed by atoms with Gasteiger partial charge in [-0.2, -0.15) is 0 Å². The van der Waals surface area contributed by atoms with Crippen LogP contribution >= 0.6 is 0 Å². The number of ether oxygens (including phenoxy) is 3. The maximum atomic E-state index is 11.9. The van der Waals surface area contributed by atoms with Gasteiger partial charge in [-0.05, 0) is 32.9 Å². The average Bonchev–Trinajstić information content (AvgIpc) is 3.22. The van der Waals surface area contributed by atoms with E-state index in [1.54, 1.807) is 4.90 Å². The minimum atomic E-state index is -0.537. The minimum Gasteiger partial charge on any atom is -0.450 e. The van der Waals surface area contributed by atoms with Crippen molar-refractivity contribution in [3.8, 4) is 0 Å². The van der Waals surface area contributed by atoms with Crippen molar-refractivity contribution >= 4 is 17.1 Å². The van der Waals surface area contributed by atoms with Gasteiger partial charge in [-0.15, -0.1) is 0 Å². The van der Waals surface area contributed by atoms with Crippen LogP contribution in [0, 0.1) is 0 Å². The van der Waals surface area contributed by atoms with Gasteiger partial charge in [0.1, 0.15) is 11.9 Å². The molecule has 2 fully saturated rings. The topological polar surface area (TPSA) is 69.1 Å². The fourth-order valence-corrected chi connectivity index (χ4v) is 4.01. The standard InChI is InChI=1S/C21H30N4O4/c1-4-27-20(26)24-11-9-23(10-12-24)14-19-22-17-7-5-6-8-18(17)25(19)13-16-15-28-21(2,3)29-16/h5-8,16H,4,9-15H2,1-3H3. The van der Waals surface area contributed by atoms with E-state index >= 15 is 0 Å². The lowest BCUT2D eigenvalue weighted by Gasteiger charge is -2.33. The lowest BCUT2D eigenvalue weighted by molar-refractivity contribution is -0.139. The molecule has 2 aliphatic heterocycles. The Labute approximate surface area is 171 Å². The van der Waals surface area contributed by atoms with Gasteiger partial charge in [0, 0.05) is 26.2 Å². The number of carbonyl (C=O) groups excluding carboxylic acids is 1. The van der Waals surface area contributed by atoms with E-state index in [2.05, 4.69) is 15.5 Å². The summed E-state index contributed by atoms with van der Waals surface area (Å²) < 4.78 is 19.1. The maximum Gasteiger partial charge on any atom is 0.409 e. The number of amides is 1. The van der Waals surface area contributed by atoms with Crippen molar-refractivity contribution in [2.24, 2.45) is 0 Å². The molecule has 2 aliphatic rings. The number of hydrogen-bond donors (Lipinski definition) is 0. The molecule has 0 radical (unpaired) electrons. The number of aromatic nitrogens is 2. The maximum absolute atomic E-state index is 11.9. The Morgan fingerprint density at radius 1 is 1.24 bits per heavy atom. The van der Waals surface area contributed by atoms with Crippen molar-refractivity contribution in [3.05, 3.63) is 30.1 Å². The first-order valence-corrected chi connectivity index (χ1v) is 10.3. The number of carbonyl (C=O) groups is 1. The molecule has 2 aromatic rings. The summed E-state index contributed by atoms with van der Waals surface area (Å²) in [4.78, 5) is 20.9. The second kappa shape index (κ2) is 8.30. The first-order valence-electron chi connectivity index (χ1n) is 10.3. The molecule has 8 nitrogen and oxygen atoms in total. The van der Waals surface area contributed by atoms with Crippen molar-refractivity contribution in [2.75, 3.05) is 39.4 Å². The lowest BCUT2D eigenvalue weighted by Crippen LogP contribution is -2.48. The number of piperazine rings is 1. The smallest absolute Gasteiger partial charge is 0.409 e. The largest absolute Gasteiger partial charge is 0.450 e. The van der Waals surface area contributed by atoms with Crippen LogP contribution in [0.1, 0.15) is 26.6 Å². The Bertz CT molecular complexity index is 857. The molecule has 29 heavy (non-hydrogen) atoms. The molecule has 0 saturated carbocycles. The van der Waals surface area contributed by atoms with Gasteiger partial charge in [0.05, 0.1) is 37.3 Å². The van der Waals surface area contributed by atoms with Gasteiger partial charge in [0.2, 0.25) is 0 Å². The summed E-state index contributed by atoms with van der Waals surface area (Å²) in [5.74, 6) is 0.481. The molecule has 4 rings (SSSR count). The Morgan fingerprint density at radius 2 is 2.00 bits per heavy atom. The van der Waals surface area contributed by atoms with E-state index < -0.39 is 5.79 Å². The van der Waals surface area contributed by atoms with Crippen LogP contribution in [0.3, 0.4) is 0 Å². The minimum absolute atomic E-state index is 0.00187. The van der Waals surface area contributed by atoms with Crippen LogP contribution < -0.4 is 0 Å². The fraction of sp³-hybridized carbons (Fsp3) is 0.619. The van der Waals surface area contributed by atoms with E-state index in [1.807, 2.05) is 39.0 Å². The van der Waals surface area contributed by atoms with Crippen molar-refractivity contribution in [1.82, 2.24) is 19.4 Å². The van der Waals surface area contributed by atoms with Gasteiger partial charge in [0.15, 0.2) is 5.79 Å². The van der Waals surface area contributed by atoms with Crippen LogP contribution in [-0.2, 0) is 27.3 Å². The van der Waals surface area contributed by atoms with E-state index in [0.717, 1.165) is 36.5 Å². The highest BCUT2D eigenvalue weighted by Crippen LogP contribution is 2.26. The number of benzene rings is 1. The highest BCUT2D eigenvalue weighted by molar-refractivity contribution is 5.75.